The topological polar surface area (TPSA) is 49.9 Å². The van der Waals surface area contributed by atoms with E-state index in [-0.39, 0.29) is 12.5 Å². The van der Waals surface area contributed by atoms with Gasteiger partial charge in [0.2, 0.25) is 5.91 Å². The van der Waals surface area contributed by atoms with Crippen LogP contribution in [0.25, 0.3) is 0 Å². The molecule has 5 heteroatoms. The SMILES string of the molecule is CN(Cc1ccccc1)C(=O)CN(C)c1ccccc1OC=O. The molecular formula is C18H20N2O3. The number of hydrogen-bond acceptors (Lipinski definition) is 4. The Bertz CT molecular complexity index is 658. The lowest BCUT2D eigenvalue weighted by molar-refractivity contribution is -0.128. The van der Waals surface area contributed by atoms with Crippen LogP contribution in [-0.2, 0) is 16.1 Å². The Balaban J connectivity index is 2.00. The van der Waals surface area contributed by atoms with E-state index in [1.807, 2.05) is 42.5 Å². The van der Waals surface area contributed by atoms with Crippen LogP contribution in [0.5, 0.6) is 5.75 Å². The quantitative estimate of drug-likeness (QED) is 0.736. The van der Waals surface area contributed by atoms with Crippen molar-refractivity contribution >= 4 is 18.1 Å². The maximum absolute atomic E-state index is 12.4. The molecule has 2 aromatic carbocycles. The highest BCUT2D eigenvalue weighted by Gasteiger charge is 2.15. The predicted octanol–water partition coefficient (Wildman–Crippen LogP) is 2.32. The van der Waals surface area contributed by atoms with Crippen LogP contribution in [0.2, 0.25) is 0 Å². The summed E-state index contributed by atoms with van der Waals surface area (Å²) in [5.41, 5.74) is 1.77. The van der Waals surface area contributed by atoms with Crippen LogP contribution in [0.1, 0.15) is 5.56 Å². The number of nitrogens with zero attached hydrogens (tertiary/aromatic N) is 2. The third-order valence-corrected chi connectivity index (χ3v) is 3.51. The van der Waals surface area contributed by atoms with Crippen LogP contribution in [0.3, 0.4) is 0 Å². The van der Waals surface area contributed by atoms with Gasteiger partial charge in [-0.3, -0.25) is 9.59 Å². The summed E-state index contributed by atoms with van der Waals surface area (Å²) < 4.78 is 4.95. The second kappa shape index (κ2) is 7.98. The van der Waals surface area contributed by atoms with Gasteiger partial charge in [-0.25, -0.2) is 0 Å². The molecular weight excluding hydrogens is 292 g/mol. The van der Waals surface area contributed by atoms with Gasteiger partial charge in [-0.1, -0.05) is 42.5 Å². The van der Waals surface area contributed by atoms with E-state index in [9.17, 15) is 9.59 Å². The largest absolute Gasteiger partial charge is 0.427 e. The fourth-order valence-electron chi connectivity index (χ4n) is 2.28. The number of benzene rings is 2. The van der Waals surface area contributed by atoms with Crippen LogP contribution < -0.4 is 9.64 Å². The fraction of sp³-hybridized carbons (Fsp3) is 0.222. The highest BCUT2D eigenvalue weighted by Crippen LogP contribution is 2.26. The van der Waals surface area contributed by atoms with E-state index in [4.69, 9.17) is 4.74 Å². The number of likely N-dealkylation sites (N-methyl/N-ethyl adjacent to an activating group) is 2. The van der Waals surface area contributed by atoms with E-state index in [0.717, 1.165) is 5.56 Å². The lowest BCUT2D eigenvalue weighted by atomic mass is 10.2. The first-order valence-electron chi connectivity index (χ1n) is 7.30. The average Bonchev–Trinajstić information content (AvgIpc) is 2.56. The highest BCUT2D eigenvalue weighted by atomic mass is 16.5. The molecule has 120 valence electrons. The fourth-order valence-corrected chi connectivity index (χ4v) is 2.28. The molecule has 5 nitrogen and oxygen atoms in total. The number of ether oxygens (including phenoxy) is 1. The van der Waals surface area contributed by atoms with Crippen molar-refractivity contribution in [1.82, 2.24) is 4.90 Å². The number of hydrogen-bond donors (Lipinski definition) is 0. The molecule has 0 saturated carbocycles. The standard InChI is InChI=1S/C18H20N2O3/c1-19(16-10-6-7-11-17(16)23-14-21)13-18(22)20(2)12-15-8-4-3-5-9-15/h3-11,14H,12-13H2,1-2H3. The monoisotopic (exact) mass is 312 g/mol. The molecule has 0 aliphatic carbocycles. The van der Waals surface area contributed by atoms with Crippen molar-refractivity contribution in [3.05, 3.63) is 60.2 Å². The summed E-state index contributed by atoms with van der Waals surface area (Å²) in [6.07, 6.45) is 0. The van der Waals surface area contributed by atoms with E-state index in [0.29, 0.717) is 24.5 Å². The summed E-state index contributed by atoms with van der Waals surface area (Å²) >= 11 is 0. The number of rotatable bonds is 7. The molecule has 0 saturated heterocycles. The maximum Gasteiger partial charge on any atom is 0.298 e. The van der Waals surface area contributed by atoms with Crippen LogP contribution in [0.15, 0.2) is 54.6 Å². The number of carbonyl (C=O) groups is 2. The zero-order valence-corrected chi connectivity index (χ0v) is 13.3. The Labute approximate surface area is 136 Å². The van der Waals surface area contributed by atoms with Gasteiger partial charge in [0.1, 0.15) is 0 Å². The molecule has 0 radical (unpaired) electrons. The van der Waals surface area contributed by atoms with Crippen molar-refractivity contribution in [3.8, 4) is 5.75 Å². The van der Waals surface area contributed by atoms with Crippen molar-refractivity contribution in [2.45, 2.75) is 6.54 Å². The van der Waals surface area contributed by atoms with E-state index >= 15 is 0 Å². The van der Waals surface area contributed by atoms with Gasteiger partial charge in [-0.05, 0) is 17.7 Å². The normalized spacial score (nSPS) is 10.0. The molecule has 23 heavy (non-hydrogen) atoms. The van der Waals surface area contributed by atoms with Gasteiger partial charge >= 0.3 is 0 Å². The van der Waals surface area contributed by atoms with Crippen LogP contribution in [0.4, 0.5) is 5.69 Å². The average molecular weight is 312 g/mol. The molecule has 2 rings (SSSR count). The van der Waals surface area contributed by atoms with E-state index < -0.39 is 0 Å². The third-order valence-electron chi connectivity index (χ3n) is 3.51. The van der Waals surface area contributed by atoms with Crippen molar-refractivity contribution < 1.29 is 14.3 Å². The first-order valence-corrected chi connectivity index (χ1v) is 7.30. The minimum atomic E-state index is -0.0164. The molecule has 0 heterocycles. The van der Waals surface area contributed by atoms with E-state index in [2.05, 4.69) is 0 Å². The zero-order valence-electron chi connectivity index (χ0n) is 13.3. The third kappa shape index (κ3) is 4.57. The lowest BCUT2D eigenvalue weighted by Crippen LogP contribution is -2.36. The molecule has 0 atom stereocenters. The van der Waals surface area contributed by atoms with Gasteiger partial charge in [0.15, 0.2) is 5.75 Å². The van der Waals surface area contributed by atoms with Gasteiger partial charge in [-0.15, -0.1) is 0 Å². The molecule has 0 aliphatic rings. The summed E-state index contributed by atoms with van der Waals surface area (Å²) in [5.74, 6) is 0.417. The smallest absolute Gasteiger partial charge is 0.298 e. The Morgan fingerprint density at radius 2 is 1.70 bits per heavy atom. The Morgan fingerprint density at radius 1 is 1.04 bits per heavy atom. The minimum absolute atomic E-state index is 0.0164. The van der Waals surface area contributed by atoms with Crippen molar-refractivity contribution in [2.75, 3.05) is 25.5 Å². The molecule has 0 unspecified atom stereocenters. The first kappa shape index (κ1) is 16.5. The highest BCUT2D eigenvalue weighted by molar-refractivity contribution is 5.82. The Hall–Kier alpha value is -2.82. The molecule has 0 bridgehead atoms. The predicted molar refractivity (Wildman–Crippen MR) is 89.3 cm³/mol. The molecule has 0 spiro atoms. The lowest BCUT2D eigenvalue weighted by Gasteiger charge is -2.24. The van der Waals surface area contributed by atoms with Crippen LogP contribution in [-0.4, -0.2) is 37.9 Å². The van der Waals surface area contributed by atoms with Gasteiger partial charge in [0.25, 0.3) is 6.47 Å². The zero-order chi connectivity index (χ0) is 16.7. The molecule has 0 N–H and O–H groups in total. The second-order valence-electron chi connectivity index (χ2n) is 5.27. The number of para-hydroxylation sites is 2. The summed E-state index contributed by atoms with van der Waals surface area (Å²) in [6.45, 7) is 1.14. The number of carbonyl (C=O) groups excluding carboxylic acids is 2. The second-order valence-corrected chi connectivity index (χ2v) is 5.27. The van der Waals surface area contributed by atoms with Gasteiger partial charge in [0, 0.05) is 20.6 Å². The van der Waals surface area contributed by atoms with Gasteiger partial charge in [-0.2, -0.15) is 0 Å². The van der Waals surface area contributed by atoms with Crippen LogP contribution >= 0.6 is 0 Å². The summed E-state index contributed by atoms with van der Waals surface area (Å²) in [6, 6.07) is 16.9. The number of anilines is 1. The van der Waals surface area contributed by atoms with Crippen LogP contribution in [0, 0.1) is 0 Å². The minimum Gasteiger partial charge on any atom is -0.427 e. The van der Waals surface area contributed by atoms with Crippen molar-refractivity contribution in [3.63, 3.8) is 0 Å². The molecule has 0 aliphatic heterocycles. The first-order chi connectivity index (χ1) is 11.1. The molecule has 1 amide bonds. The van der Waals surface area contributed by atoms with Crippen molar-refractivity contribution in [1.29, 1.82) is 0 Å². The Kier molecular flexibility index (Phi) is 5.74. The maximum atomic E-state index is 12.4. The van der Waals surface area contributed by atoms with Gasteiger partial charge < -0.3 is 14.5 Å². The molecule has 0 aromatic heterocycles. The van der Waals surface area contributed by atoms with Crippen molar-refractivity contribution in [2.24, 2.45) is 0 Å². The van der Waals surface area contributed by atoms with E-state index in [1.54, 1.807) is 36.0 Å². The van der Waals surface area contributed by atoms with E-state index in [1.165, 1.54) is 0 Å². The van der Waals surface area contributed by atoms with Gasteiger partial charge in [0.05, 0.1) is 12.2 Å². The summed E-state index contributed by atoms with van der Waals surface area (Å²) in [4.78, 5) is 26.4. The Morgan fingerprint density at radius 3 is 2.39 bits per heavy atom. The summed E-state index contributed by atoms with van der Waals surface area (Å²) in [7, 11) is 3.57. The molecule has 2 aromatic rings. The summed E-state index contributed by atoms with van der Waals surface area (Å²) in [5, 5.41) is 0. The molecule has 0 fully saturated rings. The number of amides is 1.